The van der Waals surface area contributed by atoms with E-state index in [1.165, 1.54) is 16.7 Å². The van der Waals surface area contributed by atoms with Gasteiger partial charge in [0.05, 0.1) is 6.61 Å². The van der Waals surface area contributed by atoms with Crippen molar-refractivity contribution in [2.24, 2.45) is 0 Å². The molecule has 1 heterocycles. The van der Waals surface area contributed by atoms with Crippen LogP contribution in [-0.2, 0) is 17.9 Å². The number of aliphatic hydroxyl groups excluding tert-OH is 1. The molecular formula is C22H19N3O4S. The average molecular weight is 421 g/mol. The lowest BCUT2D eigenvalue weighted by molar-refractivity contribution is -0.127. The lowest BCUT2D eigenvalue weighted by Gasteiger charge is -2.04. The van der Waals surface area contributed by atoms with Gasteiger partial charge < -0.3 is 15.2 Å². The first kappa shape index (κ1) is 21.0. The van der Waals surface area contributed by atoms with Crippen LogP contribution in [0.4, 0.5) is 5.69 Å². The van der Waals surface area contributed by atoms with E-state index in [-0.39, 0.29) is 28.2 Å². The highest BCUT2D eigenvalue weighted by molar-refractivity contribution is 7.07. The van der Waals surface area contributed by atoms with E-state index in [0.717, 1.165) is 17.0 Å². The molecule has 0 aliphatic rings. The Bertz CT molecular complexity index is 1250. The predicted octanol–water partition coefficient (Wildman–Crippen LogP) is 1.55. The van der Waals surface area contributed by atoms with Gasteiger partial charge in [-0.25, -0.2) is 4.79 Å². The number of para-hydroxylation sites is 1. The van der Waals surface area contributed by atoms with E-state index in [4.69, 9.17) is 9.84 Å². The van der Waals surface area contributed by atoms with Crippen molar-refractivity contribution in [3.05, 3.63) is 79.7 Å². The van der Waals surface area contributed by atoms with Gasteiger partial charge in [-0.05, 0) is 36.8 Å². The summed E-state index contributed by atoms with van der Waals surface area (Å²) in [5, 5.41) is 21.7. The summed E-state index contributed by atoms with van der Waals surface area (Å²) in [7, 11) is 0. The molecule has 0 amide bonds. The van der Waals surface area contributed by atoms with Gasteiger partial charge in [0.25, 0.3) is 5.56 Å². The van der Waals surface area contributed by atoms with Crippen LogP contribution >= 0.6 is 11.3 Å². The van der Waals surface area contributed by atoms with E-state index in [2.05, 4.69) is 5.32 Å². The largest absolute Gasteiger partial charge is 0.422 e. The minimum atomic E-state index is -0.847. The number of nitrogens with one attached hydrogen (secondary N) is 1. The van der Waals surface area contributed by atoms with Crippen LogP contribution in [0.3, 0.4) is 0 Å². The van der Waals surface area contributed by atoms with Crippen LogP contribution in [0.2, 0.25) is 0 Å². The van der Waals surface area contributed by atoms with E-state index >= 15 is 0 Å². The van der Waals surface area contributed by atoms with Crippen molar-refractivity contribution >= 4 is 34.8 Å². The second-order valence-corrected chi connectivity index (χ2v) is 7.18. The molecule has 3 aromatic rings. The molecule has 30 heavy (non-hydrogen) atoms. The molecule has 0 atom stereocenters. The van der Waals surface area contributed by atoms with Gasteiger partial charge in [0.15, 0.2) is 5.57 Å². The van der Waals surface area contributed by atoms with E-state index in [1.54, 1.807) is 25.3 Å². The molecular weight excluding hydrogens is 402 g/mol. The monoisotopic (exact) mass is 421 g/mol. The highest BCUT2D eigenvalue weighted by Gasteiger charge is 2.17. The van der Waals surface area contributed by atoms with Crippen molar-refractivity contribution in [1.29, 1.82) is 5.26 Å². The molecule has 0 aliphatic heterocycles. The fourth-order valence-electron chi connectivity index (χ4n) is 2.68. The van der Waals surface area contributed by atoms with Gasteiger partial charge in [0.1, 0.15) is 21.0 Å². The molecule has 2 N–H and O–H groups in total. The summed E-state index contributed by atoms with van der Waals surface area (Å²) < 4.78 is 7.26. The topological polar surface area (TPSA) is 104 Å². The number of rotatable bonds is 6. The van der Waals surface area contributed by atoms with E-state index in [9.17, 15) is 14.9 Å². The van der Waals surface area contributed by atoms with Gasteiger partial charge in [0.2, 0.25) is 0 Å². The molecule has 0 radical (unpaired) electrons. The van der Waals surface area contributed by atoms with Gasteiger partial charge in [0, 0.05) is 18.4 Å². The molecule has 0 spiro atoms. The molecule has 0 saturated carbocycles. The molecule has 2 aromatic carbocycles. The number of ether oxygens (including phenoxy) is 1. The lowest BCUT2D eigenvalue weighted by atomic mass is 10.2. The number of nitriles is 1. The van der Waals surface area contributed by atoms with Crippen molar-refractivity contribution in [3.63, 3.8) is 0 Å². The summed E-state index contributed by atoms with van der Waals surface area (Å²) in [4.78, 5) is 25.3. The second-order valence-electron chi connectivity index (χ2n) is 6.15. The fraction of sp³-hybridized carbons (Fsp3) is 0.136. The Labute approximate surface area is 176 Å². The Morgan fingerprint density at radius 2 is 1.93 bits per heavy atom. The minimum Gasteiger partial charge on any atom is -0.422 e. The number of nitrogens with zero attached hydrogens (tertiary/aromatic N) is 2. The number of esters is 1. The third-order valence-electron chi connectivity index (χ3n) is 4.21. The summed E-state index contributed by atoms with van der Waals surface area (Å²) in [6.45, 7) is 1.94. The number of anilines is 1. The first-order valence-corrected chi connectivity index (χ1v) is 9.96. The lowest BCUT2D eigenvalue weighted by Crippen LogP contribution is -2.33. The molecule has 7 nitrogen and oxygen atoms in total. The predicted molar refractivity (Wildman–Crippen MR) is 115 cm³/mol. The highest BCUT2D eigenvalue weighted by atomic mass is 32.1. The summed E-state index contributed by atoms with van der Waals surface area (Å²) in [6, 6.07) is 17.5. The third kappa shape index (κ3) is 4.66. The van der Waals surface area contributed by atoms with Crippen molar-refractivity contribution < 1.29 is 14.6 Å². The van der Waals surface area contributed by atoms with Crippen LogP contribution in [0.1, 0.15) is 12.5 Å². The molecule has 0 fully saturated rings. The van der Waals surface area contributed by atoms with E-state index < -0.39 is 5.97 Å². The first-order chi connectivity index (χ1) is 14.6. The van der Waals surface area contributed by atoms with Gasteiger partial charge in [-0.2, -0.15) is 5.26 Å². The van der Waals surface area contributed by atoms with Gasteiger partial charge in [-0.15, -0.1) is 11.3 Å². The van der Waals surface area contributed by atoms with E-state index in [0.29, 0.717) is 16.6 Å². The maximum absolute atomic E-state index is 12.7. The maximum atomic E-state index is 12.7. The van der Waals surface area contributed by atoms with Crippen molar-refractivity contribution in [1.82, 2.24) is 4.57 Å². The summed E-state index contributed by atoms with van der Waals surface area (Å²) in [6.07, 6.45) is 1.56. The summed E-state index contributed by atoms with van der Waals surface area (Å²) in [5.41, 5.74) is 0.937. The molecule has 0 saturated heterocycles. The highest BCUT2D eigenvalue weighted by Crippen LogP contribution is 2.14. The fourth-order valence-corrected chi connectivity index (χ4v) is 3.75. The third-order valence-corrected chi connectivity index (χ3v) is 5.34. The number of benzene rings is 2. The first-order valence-electron chi connectivity index (χ1n) is 9.15. The second kappa shape index (κ2) is 9.69. The standard InChI is InChI=1S/C22H19N3O4S/c1-2-25-20(27)19(13-24-16-6-4-3-5-7-16)30-21(25)18(12-23)22(28)29-17-10-8-15(14-26)9-11-17/h3-11,13,24,26H,2,14H2,1H3. The smallest absolute Gasteiger partial charge is 0.357 e. The number of aliphatic hydroxyl groups is 1. The Morgan fingerprint density at radius 3 is 2.53 bits per heavy atom. The van der Waals surface area contributed by atoms with Crippen molar-refractivity contribution in [2.75, 3.05) is 5.32 Å². The van der Waals surface area contributed by atoms with E-state index in [1.807, 2.05) is 36.4 Å². The zero-order chi connectivity index (χ0) is 21.5. The van der Waals surface area contributed by atoms with Crippen LogP contribution in [0, 0.1) is 11.3 Å². The van der Waals surface area contributed by atoms with Crippen LogP contribution in [0.15, 0.2) is 59.4 Å². The minimum absolute atomic E-state index is 0.127. The van der Waals surface area contributed by atoms with Gasteiger partial charge in [-0.3, -0.25) is 9.36 Å². The van der Waals surface area contributed by atoms with Gasteiger partial charge in [-0.1, -0.05) is 30.3 Å². The molecule has 8 heteroatoms. The number of hydrogen-bond donors (Lipinski definition) is 2. The summed E-state index contributed by atoms with van der Waals surface area (Å²) in [5.74, 6) is -0.607. The maximum Gasteiger partial charge on any atom is 0.357 e. The molecule has 3 rings (SSSR count). The molecule has 1 aromatic heterocycles. The number of hydrogen-bond acceptors (Lipinski definition) is 7. The zero-order valence-corrected chi connectivity index (χ0v) is 17.0. The van der Waals surface area contributed by atoms with Crippen molar-refractivity contribution in [3.8, 4) is 11.8 Å². The molecule has 152 valence electrons. The number of thiazole rings is 1. The Kier molecular flexibility index (Phi) is 6.80. The van der Waals surface area contributed by atoms with Crippen LogP contribution in [0.25, 0.3) is 11.8 Å². The SMILES string of the molecule is CCn1c(=C(C#N)C(=O)Oc2ccc(CO)cc2)sc(=CNc2ccccc2)c1=O. The van der Waals surface area contributed by atoms with Crippen molar-refractivity contribution in [2.45, 2.75) is 20.1 Å². The Balaban J connectivity index is 2.00. The van der Waals surface area contributed by atoms with Gasteiger partial charge >= 0.3 is 5.97 Å². The molecule has 0 unspecified atom stereocenters. The number of carbonyl (C=O) groups excluding carboxylic acids is 1. The zero-order valence-electron chi connectivity index (χ0n) is 16.2. The van der Waals surface area contributed by atoms with Crippen LogP contribution in [0.5, 0.6) is 5.75 Å². The molecule has 0 aliphatic carbocycles. The normalized spacial score (nSPS) is 12.2. The number of carbonyl (C=O) groups is 1. The molecule has 0 bridgehead atoms. The van der Waals surface area contributed by atoms with Crippen LogP contribution in [-0.4, -0.2) is 15.6 Å². The number of aromatic nitrogens is 1. The Hall–Kier alpha value is -3.67. The van der Waals surface area contributed by atoms with Crippen LogP contribution < -0.4 is 24.8 Å². The Morgan fingerprint density at radius 1 is 1.23 bits per heavy atom. The quantitative estimate of drug-likeness (QED) is 0.462. The summed E-state index contributed by atoms with van der Waals surface area (Å²) >= 11 is 1.05. The average Bonchev–Trinajstić information content (AvgIpc) is 3.09.